The first-order valence-corrected chi connectivity index (χ1v) is 2.88. The van der Waals surface area contributed by atoms with Crippen LogP contribution >= 0.6 is 0 Å². The lowest BCUT2D eigenvalue weighted by atomic mass is 10.7. The number of imidazole rings is 1. The van der Waals surface area contributed by atoms with Gasteiger partial charge in [0.05, 0.1) is 0 Å². The average Bonchev–Trinajstić information content (AvgIpc) is 2.31. The molecule has 1 aromatic rings. The summed E-state index contributed by atoms with van der Waals surface area (Å²) in [7, 11) is 3.39. The molecule has 0 aliphatic carbocycles. The molecule has 10 heavy (non-hydrogen) atoms. The lowest BCUT2D eigenvalue weighted by molar-refractivity contribution is 0.215. The zero-order valence-corrected chi connectivity index (χ0v) is 5.98. The second-order valence-electron chi connectivity index (χ2n) is 1.81. The third kappa shape index (κ3) is 1.34. The Hall–Kier alpha value is -1.32. The van der Waals surface area contributed by atoms with Gasteiger partial charge in [-0.1, -0.05) is 5.16 Å². The zero-order valence-electron chi connectivity index (χ0n) is 5.98. The topological polar surface area (TPSA) is 39.4 Å². The average molecular weight is 139 g/mol. The molecule has 0 aromatic carbocycles. The second-order valence-corrected chi connectivity index (χ2v) is 1.81. The van der Waals surface area contributed by atoms with E-state index in [1.54, 1.807) is 12.4 Å². The van der Waals surface area contributed by atoms with Crippen LogP contribution in [0.1, 0.15) is 5.82 Å². The van der Waals surface area contributed by atoms with Gasteiger partial charge in [0.2, 0.25) is 0 Å². The predicted molar refractivity (Wildman–Crippen MR) is 37.8 cm³/mol. The molecule has 0 aliphatic rings. The van der Waals surface area contributed by atoms with Gasteiger partial charge in [-0.25, -0.2) is 4.98 Å². The number of nitrogens with zero attached hydrogens (tertiary/aromatic N) is 3. The molecule has 0 N–H and O–H groups in total. The summed E-state index contributed by atoms with van der Waals surface area (Å²) in [6, 6.07) is 0. The molecule has 4 heteroatoms. The van der Waals surface area contributed by atoms with Gasteiger partial charge >= 0.3 is 0 Å². The first-order chi connectivity index (χ1) is 4.84. The molecule has 0 aliphatic heterocycles. The van der Waals surface area contributed by atoms with Crippen molar-refractivity contribution in [3.63, 3.8) is 0 Å². The normalized spacial score (nSPS) is 10.6. The Labute approximate surface area is 59.1 Å². The minimum atomic E-state index is 0.779. The van der Waals surface area contributed by atoms with Crippen molar-refractivity contribution < 1.29 is 4.84 Å². The van der Waals surface area contributed by atoms with Crippen LogP contribution in [-0.2, 0) is 11.9 Å². The summed E-state index contributed by atoms with van der Waals surface area (Å²) in [4.78, 5) is 8.47. The molecule has 0 spiro atoms. The van der Waals surface area contributed by atoms with Gasteiger partial charge < -0.3 is 9.40 Å². The van der Waals surface area contributed by atoms with Gasteiger partial charge in [0, 0.05) is 19.4 Å². The largest absolute Gasteiger partial charge is 0.399 e. The molecule has 0 saturated heterocycles. The van der Waals surface area contributed by atoms with Gasteiger partial charge in [-0.15, -0.1) is 0 Å². The lowest BCUT2D eigenvalue weighted by Crippen LogP contribution is -1.94. The van der Waals surface area contributed by atoms with Gasteiger partial charge in [0.1, 0.15) is 13.3 Å². The summed E-state index contributed by atoms with van der Waals surface area (Å²) in [6.07, 6.45) is 5.11. The van der Waals surface area contributed by atoms with Gasteiger partial charge in [-0.3, -0.25) is 0 Å². The van der Waals surface area contributed by atoms with Crippen molar-refractivity contribution in [2.24, 2.45) is 12.2 Å². The van der Waals surface area contributed by atoms with Crippen LogP contribution < -0.4 is 0 Å². The number of aryl methyl sites for hydroxylation is 1. The maximum atomic E-state index is 4.49. The highest BCUT2D eigenvalue weighted by Gasteiger charge is 1.91. The Morgan fingerprint density at radius 2 is 2.60 bits per heavy atom. The van der Waals surface area contributed by atoms with Gasteiger partial charge in [0.15, 0.2) is 5.82 Å². The highest BCUT2D eigenvalue weighted by molar-refractivity contribution is 5.74. The fourth-order valence-corrected chi connectivity index (χ4v) is 0.601. The SMILES string of the molecule is CO/N=C/c1nccn1C. The maximum absolute atomic E-state index is 4.49. The standard InChI is InChI=1S/C6H9N3O/c1-9-4-3-7-6(9)5-8-10-2/h3-5H,1-2H3/b8-5+. The van der Waals surface area contributed by atoms with Crippen molar-refractivity contribution in [1.29, 1.82) is 0 Å². The number of hydrogen-bond donors (Lipinski definition) is 0. The Balaban J connectivity index is 2.74. The van der Waals surface area contributed by atoms with Crippen molar-refractivity contribution >= 4 is 6.21 Å². The minimum absolute atomic E-state index is 0.779. The highest BCUT2D eigenvalue weighted by atomic mass is 16.6. The molecule has 0 radical (unpaired) electrons. The van der Waals surface area contributed by atoms with Crippen LogP contribution in [0.2, 0.25) is 0 Å². The summed E-state index contributed by atoms with van der Waals surface area (Å²) in [5.74, 6) is 0.779. The quantitative estimate of drug-likeness (QED) is 0.439. The van der Waals surface area contributed by atoms with Crippen LogP contribution in [0.15, 0.2) is 17.5 Å². The first kappa shape index (κ1) is 6.80. The third-order valence-corrected chi connectivity index (χ3v) is 1.13. The third-order valence-electron chi connectivity index (χ3n) is 1.13. The highest BCUT2D eigenvalue weighted by Crippen LogP contribution is 1.88. The van der Waals surface area contributed by atoms with Crippen LogP contribution in [0.3, 0.4) is 0 Å². The fraction of sp³-hybridized carbons (Fsp3) is 0.333. The van der Waals surface area contributed by atoms with E-state index in [9.17, 15) is 0 Å². The van der Waals surface area contributed by atoms with E-state index >= 15 is 0 Å². The number of rotatable bonds is 2. The van der Waals surface area contributed by atoms with E-state index in [2.05, 4.69) is 15.0 Å². The van der Waals surface area contributed by atoms with Gasteiger partial charge in [-0.05, 0) is 0 Å². The molecule has 4 nitrogen and oxygen atoms in total. The monoisotopic (exact) mass is 139 g/mol. The van der Waals surface area contributed by atoms with E-state index in [4.69, 9.17) is 0 Å². The van der Waals surface area contributed by atoms with Gasteiger partial charge in [-0.2, -0.15) is 0 Å². The fourth-order valence-electron chi connectivity index (χ4n) is 0.601. The minimum Gasteiger partial charge on any atom is -0.399 e. The predicted octanol–water partition coefficient (Wildman–Crippen LogP) is 0.400. The number of hydrogen-bond acceptors (Lipinski definition) is 3. The molecule has 0 fully saturated rings. The summed E-state index contributed by atoms with van der Waals surface area (Å²) in [5.41, 5.74) is 0. The molecular weight excluding hydrogens is 130 g/mol. The molecule has 54 valence electrons. The van der Waals surface area contributed by atoms with Crippen molar-refractivity contribution in [3.8, 4) is 0 Å². The zero-order chi connectivity index (χ0) is 7.40. The first-order valence-electron chi connectivity index (χ1n) is 2.88. The number of oxime groups is 1. The van der Waals surface area contributed by atoms with Crippen molar-refractivity contribution in [3.05, 3.63) is 18.2 Å². The maximum Gasteiger partial charge on any atom is 0.154 e. The Morgan fingerprint density at radius 3 is 3.10 bits per heavy atom. The Bertz CT molecular complexity index is 229. The molecule has 0 bridgehead atoms. The van der Waals surface area contributed by atoms with Crippen LogP contribution in [0, 0.1) is 0 Å². The summed E-state index contributed by atoms with van der Waals surface area (Å²) < 4.78 is 1.85. The number of aromatic nitrogens is 2. The summed E-state index contributed by atoms with van der Waals surface area (Å²) in [5, 5.41) is 3.57. The Morgan fingerprint density at radius 1 is 1.80 bits per heavy atom. The molecular formula is C6H9N3O. The molecule has 0 atom stereocenters. The molecule has 0 amide bonds. The van der Waals surface area contributed by atoms with Crippen LogP contribution in [0.5, 0.6) is 0 Å². The van der Waals surface area contributed by atoms with Crippen LogP contribution in [-0.4, -0.2) is 22.9 Å². The van der Waals surface area contributed by atoms with Crippen molar-refractivity contribution in [2.75, 3.05) is 7.11 Å². The lowest BCUT2D eigenvalue weighted by Gasteiger charge is -1.90. The second kappa shape index (κ2) is 3.00. The molecule has 0 unspecified atom stereocenters. The molecule has 1 rings (SSSR count). The van der Waals surface area contributed by atoms with E-state index in [0.717, 1.165) is 5.82 Å². The smallest absolute Gasteiger partial charge is 0.154 e. The molecule has 0 saturated carbocycles. The van der Waals surface area contributed by atoms with E-state index in [1.165, 1.54) is 7.11 Å². The summed E-state index contributed by atoms with van der Waals surface area (Å²) in [6.45, 7) is 0. The molecule has 1 heterocycles. The van der Waals surface area contributed by atoms with E-state index in [1.807, 2.05) is 17.8 Å². The van der Waals surface area contributed by atoms with E-state index in [-0.39, 0.29) is 0 Å². The molecule has 1 aromatic heterocycles. The summed E-state index contributed by atoms with van der Waals surface area (Å²) >= 11 is 0. The van der Waals surface area contributed by atoms with Crippen molar-refractivity contribution in [2.45, 2.75) is 0 Å². The Kier molecular flexibility index (Phi) is 2.04. The van der Waals surface area contributed by atoms with E-state index in [0.29, 0.717) is 0 Å². The van der Waals surface area contributed by atoms with Crippen LogP contribution in [0.25, 0.3) is 0 Å². The van der Waals surface area contributed by atoms with Crippen molar-refractivity contribution in [1.82, 2.24) is 9.55 Å². The van der Waals surface area contributed by atoms with Crippen LogP contribution in [0.4, 0.5) is 0 Å². The van der Waals surface area contributed by atoms with Gasteiger partial charge in [0.25, 0.3) is 0 Å². The van der Waals surface area contributed by atoms with E-state index < -0.39 is 0 Å².